The minimum atomic E-state index is -0.320. The number of hydrogen-bond donors (Lipinski definition) is 2. The highest BCUT2D eigenvalue weighted by Gasteiger charge is 2.11. The van der Waals surface area contributed by atoms with Gasteiger partial charge >= 0.3 is 0 Å². The highest BCUT2D eigenvalue weighted by molar-refractivity contribution is 6.33. The third-order valence-electron chi connectivity index (χ3n) is 1.45. The van der Waals surface area contributed by atoms with Gasteiger partial charge in [-0.05, 0) is 13.8 Å². The Kier molecular flexibility index (Phi) is 3.53. The Bertz CT molecular complexity index is 322. The highest BCUT2D eigenvalue weighted by Crippen LogP contribution is 2.20. The molecule has 0 aliphatic rings. The molecule has 1 heterocycles. The van der Waals surface area contributed by atoms with Crippen molar-refractivity contribution in [2.45, 2.75) is 19.4 Å². The Morgan fingerprint density at radius 1 is 1.43 bits per heavy atom. The van der Waals surface area contributed by atoms with Gasteiger partial charge in [-0.15, -0.1) is 10.2 Å². The molecule has 0 bridgehead atoms. The molecule has 0 unspecified atom stereocenters. The molecule has 0 amide bonds. The van der Waals surface area contributed by atoms with Crippen LogP contribution in [0, 0.1) is 0 Å². The van der Waals surface area contributed by atoms with Gasteiger partial charge in [0.25, 0.3) is 0 Å². The average Bonchev–Trinajstić information content (AvgIpc) is 2.05. The summed E-state index contributed by atoms with van der Waals surface area (Å²) in [5, 5.41) is 10.9. The van der Waals surface area contributed by atoms with Crippen molar-refractivity contribution in [3.63, 3.8) is 0 Å². The van der Waals surface area contributed by atoms with Crippen molar-refractivity contribution in [1.29, 1.82) is 0 Å². The molecule has 0 aromatic carbocycles. The van der Waals surface area contributed by atoms with Gasteiger partial charge in [0.1, 0.15) is 0 Å². The Morgan fingerprint density at radius 2 is 2.07 bits per heavy atom. The second-order valence-corrected chi connectivity index (χ2v) is 4.46. The molecule has 0 atom stereocenters. The molecule has 0 fully saturated rings. The lowest BCUT2D eigenvalue weighted by Crippen LogP contribution is -2.39. The molecule has 0 saturated carbocycles. The summed E-state index contributed by atoms with van der Waals surface area (Å²) in [6.07, 6.45) is 0. The van der Waals surface area contributed by atoms with Crippen LogP contribution in [0.1, 0.15) is 13.8 Å². The van der Waals surface area contributed by atoms with E-state index < -0.39 is 0 Å². The zero-order valence-corrected chi connectivity index (χ0v) is 9.52. The summed E-state index contributed by atoms with van der Waals surface area (Å²) < 4.78 is 0. The molecular weight excluding hydrogens is 223 g/mol. The van der Waals surface area contributed by atoms with Gasteiger partial charge in [0, 0.05) is 18.2 Å². The van der Waals surface area contributed by atoms with E-state index in [1.807, 2.05) is 13.8 Å². The van der Waals surface area contributed by atoms with Crippen molar-refractivity contribution in [3.05, 3.63) is 16.4 Å². The fourth-order valence-electron chi connectivity index (χ4n) is 0.800. The van der Waals surface area contributed by atoms with E-state index >= 15 is 0 Å². The summed E-state index contributed by atoms with van der Waals surface area (Å²) in [6, 6.07) is 1.61. The molecule has 3 N–H and O–H groups in total. The lowest BCUT2D eigenvalue weighted by atomic mass is 10.1. The van der Waals surface area contributed by atoms with E-state index in [9.17, 15) is 0 Å². The molecule has 0 aliphatic heterocycles. The normalized spacial score (nSPS) is 11.5. The third kappa shape index (κ3) is 3.65. The minimum absolute atomic E-state index is 0.290. The molecule has 1 aromatic heterocycles. The first-order chi connectivity index (χ1) is 6.38. The maximum absolute atomic E-state index is 5.80. The van der Waals surface area contributed by atoms with E-state index in [2.05, 4.69) is 15.5 Å². The van der Waals surface area contributed by atoms with Crippen molar-refractivity contribution in [1.82, 2.24) is 10.2 Å². The van der Waals surface area contributed by atoms with Gasteiger partial charge in [-0.3, -0.25) is 0 Å². The maximum atomic E-state index is 5.80. The Balaban J connectivity index is 2.72. The molecule has 1 rings (SSSR count). The van der Waals surface area contributed by atoms with Crippen molar-refractivity contribution in [2.75, 3.05) is 11.9 Å². The van der Waals surface area contributed by atoms with Crippen molar-refractivity contribution in [2.24, 2.45) is 5.73 Å². The summed E-state index contributed by atoms with van der Waals surface area (Å²) in [6.45, 7) is 4.39. The van der Waals surface area contributed by atoms with Gasteiger partial charge in [0.05, 0.1) is 5.69 Å². The third-order valence-corrected chi connectivity index (χ3v) is 1.92. The first kappa shape index (κ1) is 11.5. The predicted molar refractivity (Wildman–Crippen MR) is 58.8 cm³/mol. The topological polar surface area (TPSA) is 63.8 Å². The number of rotatable bonds is 3. The molecule has 0 saturated heterocycles. The molecule has 14 heavy (non-hydrogen) atoms. The molecule has 1 aromatic rings. The monoisotopic (exact) mass is 234 g/mol. The second-order valence-electron chi connectivity index (χ2n) is 3.71. The molecular formula is C8H12Cl2N4. The number of halogens is 2. The largest absolute Gasteiger partial charge is 0.381 e. The van der Waals surface area contributed by atoms with E-state index in [-0.39, 0.29) is 5.54 Å². The molecule has 78 valence electrons. The van der Waals surface area contributed by atoms with Crippen LogP contribution < -0.4 is 11.1 Å². The van der Waals surface area contributed by atoms with Gasteiger partial charge in [0.15, 0.2) is 10.3 Å². The number of nitrogens with two attached hydrogens (primary N) is 1. The van der Waals surface area contributed by atoms with Crippen LogP contribution in [0.2, 0.25) is 10.3 Å². The SMILES string of the molecule is CC(C)(N)CNc1cc(Cl)nnc1Cl. The van der Waals surface area contributed by atoms with Crippen molar-refractivity contribution >= 4 is 28.9 Å². The van der Waals surface area contributed by atoms with Crippen molar-refractivity contribution < 1.29 is 0 Å². The van der Waals surface area contributed by atoms with Gasteiger partial charge in [-0.1, -0.05) is 23.2 Å². The van der Waals surface area contributed by atoms with Crippen LogP contribution in [0.3, 0.4) is 0 Å². The molecule has 6 heteroatoms. The fourth-order valence-corrected chi connectivity index (χ4v) is 1.11. The first-order valence-corrected chi connectivity index (χ1v) is 4.85. The van der Waals surface area contributed by atoms with Crippen LogP contribution in [0.4, 0.5) is 5.69 Å². The summed E-state index contributed by atoms with van der Waals surface area (Å²) >= 11 is 11.5. The van der Waals surface area contributed by atoms with E-state index in [4.69, 9.17) is 28.9 Å². The van der Waals surface area contributed by atoms with Crippen LogP contribution in [-0.4, -0.2) is 22.3 Å². The van der Waals surface area contributed by atoms with Crippen LogP contribution in [-0.2, 0) is 0 Å². The average molecular weight is 235 g/mol. The number of hydrogen-bond acceptors (Lipinski definition) is 4. The van der Waals surface area contributed by atoms with Gasteiger partial charge in [0.2, 0.25) is 0 Å². The van der Waals surface area contributed by atoms with E-state index in [0.717, 1.165) is 0 Å². The van der Waals surface area contributed by atoms with Crippen LogP contribution in [0.5, 0.6) is 0 Å². The lowest BCUT2D eigenvalue weighted by Gasteiger charge is -2.19. The number of nitrogens with zero attached hydrogens (tertiary/aromatic N) is 2. The second kappa shape index (κ2) is 4.29. The molecule has 4 nitrogen and oxygen atoms in total. The lowest BCUT2D eigenvalue weighted by molar-refractivity contribution is 0.549. The van der Waals surface area contributed by atoms with Crippen LogP contribution in [0.15, 0.2) is 6.07 Å². The number of nitrogens with one attached hydrogen (secondary N) is 1. The van der Waals surface area contributed by atoms with Crippen molar-refractivity contribution in [3.8, 4) is 0 Å². The Morgan fingerprint density at radius 3 is 2.64 bits per heavy atom. The quantitative estimate of drug-likeness (QED) is 0.840. The van der Waals surface area contributed by atoms with Crippen LogP contribution >= 0.6 is 23.2 Å². The fraction of sp³-hybridized carbons (Fsp3) is 0.500. The summed E-state index contributed by atoms with van der Waals surface area (Å²) in [5.74, 6) is 0. The van der Waals surface area contributed by atoms with Gasteiger partial charge < -0.3 is 11.1 Å². The molecule has 0 spiro atoms. The van der Waals surface area contributed by atoms with Gasteiger partial charge in [-0.25, -0.2) is 0 Å². The van der Waals surface area contributed by atoms with E-state index in [1.54, 1.807) is 6.07 Å². The first-order valence-electron chi connectivity index (χ1n) is 4.10. The Hall–Kier alpha value is -0.580. The zero-order chi connectivity index (χ0) is 10.8. The Labute approximate surface area is 92.8 Å². The summed E-state index contributed by atoms with van der Waals surface area (Å²) in [7, 11) is 0. The maximum Gasteiger partial charge on any atom is 0.174 e. The highest BCUT2D eigenvalue weighted by atomic mass is 35.5. The summed E-state index contributed by atoms with van der Waals surface area (Å²) in [4.78, 5) is 0. The predicted octanol–water partition coefficient (Wildman–Crippen LogP) is 1.93. The standard InChI is InChI=1S/C8H12Cl2N4/c1-8(2,11)4-12-5-3-6(9)13-14-7(5)10/h3H,4,11H2,1-2H3,(H,12,13). The number of anilines is 1. The molecule has 0 aliphatic carbocycles. The van der Waals surface area contributed by atoms with Crippen LogP contribution in [0.25, 0.3) is 0 Å². The van der Waals surface area contributed by atoms with Gasteiger partial charge in [-0.2, -0.15) is 0 Å². The molecule has 0 radical (unpaired) electrons. The van der Waals surface area contributed by atoms with E-state index in [0.29, 0.717) is 22.5 Å². The number of aromatic nitrogens is 2. The smallest absolute Gasteiger partial charge is 0.174 e. The van der Waals surface area contributed by atoms with E-state index in [1.165, 1.54) is 0 Å². The zero-order valence-electron chi connectivity index (χ0n) is 8.01. The minimum Gasteiger partial charge on any atom is -0.381 e. The summed E-state index contributed by atoms with van der Waals surface area (Å²) in [5.41, 5.74) is 6.12.